The third-order valence-electron chi connectivity index (χ3n) is 2.52. The van der Waals surface area contributed by atoms with Crippen LogP contribution in [0.1, 0.15) is 32.9 Å². The molecule has 0 aliphatic heterocycles. The van der Waals surface area contributed by atoms with Crippen LogP contribution >= 0.6 is 0 Å². The molecule has 0 fully saturated rings. The van der Waals surface area contributed by atoms with Crippen molar-refractivity contribution in [2.75, 3.05) is 7.11 Å². The maximum atomic E-state index is 10.2. The number of aliphatic hydroxyl groups is 1. The number of nitrogens with zero attached hydrogens (tertiary/aromatic N) is 2. The summed E-state index contributed by atoms with van der Waals surface area (Å²) in [5, 5.41) is 14.3. The monoisotopic (exact) mass is 198 g/mol. The lowest BCUT2D eigenvalue weighted by atomic mass is 9.98. The van der Waals surface area contributed by atoms with Crippen molar-refractivity contribution in [3.63, 3.8) is 0 Å². The van der Waals surface area contributed by atoms with Gasteiger partial charge in [-0.25, -0.2) is 0 Å². The van der Waals surface area contributed by atoms with Gasteiger partial charge in [-0.3, -0.25) is 4.68 Å². The second-order valence-electron chi connectivity index (χ2n) is 3.50. The van der Waals surface area contributed by atoms with Gasteiger partial charge in [0.05, 0.1) is 13.3 Å². The standard InChI is InChI=1S/C10H18N2O2/c1-5-10(3,13)9-8(14-4)7-11-12(9)6-2/h7,13H,5-6H2,1-4H3. The molecule has 80 valence electrons. The fraction of sp³-hybridized carbons (Fsp3) is 0.700. The summed E-state index contributed by atoms with van der Waals surface area (Å²) < 4.78 is 6.94. The van der Waals surface area contributed by atoms with Crippen molar-refractivity contribution >= 4 is 0 Å². The molecule has 1 atom stereocenters. The van der Waals surface area contributed by atoms with Crippen molar-refractivity contribution in [3.8, 4) is 5.75 Å². The molecule has 14 heavy (non-hydrogen) atoms. The molecule has 1 aromatic heterocycles. The first-order valence-corrected chi connectivity index (χ1v) is 4.89. The Morgan fingerprint density at radius 1 is 1.57 bits per heavy atom. The molecule has 0 radical (unpaired) electrons. The van der Waals surface area contributed by atoms with E-state index in [1.165, 1.54) is 0 Å². The lowest BCUT2D eigenvalue weighted by Gasteiger charge is -2.23. The highest BCUT2D eigenvalue weighted by Gasteiger charge is 2.29. The molecule has 1 N–H and O–H groups in total. The van der Waals surface area contributed by atoms with Crippen LogP contribution in [0.4, 0.5) is 0 Å². The van der Waals surface area contributed by atoms with Crippen LogP contribution in [0.3, 0.4) is 0 Å². The molecule has 1 heterocycles. The Balaban J connectivity index is 3.21. The van der Waals surface area contributed by atoms with Gasteiger partial charge in [0.15, 0.2) is 5.75 Å². The first-order valence-electron chi connectivity index (χ1n) is 4.89. The summed E-state index contributed by atoms with van der Waals surface area (Å²) in [6, 6.07) is 0. The number of aryl methyl sites for hydroxylation is 1. The van der Waals surface area contributed by atoms with E-state index in [4.69, 9.17) is 4.74 Å². The lowest BCUT2D eigenvalue weighted by Crippen LogP contribution is -2.25. The molecule has 0 saturated carbocycles. The van der Waals surface area contributed by atoms with Crippen LogP contribution in [-0.2, 0) is 12.1 Å². The number of hydrogen-bond acceptors (Lipinski definition) is 3. The largest absolute Gasteiger partial charge is 0.493 e. The first-order chi connectivity index (χ1) is 6.56. The summed E-state index contributed by atoms with van der Waals surface area (Å²) in [7, 11) is 1.59. The second kappa shape index (κ2) is 4.00. The van der Waals surface area contributed by atoms with Crippen molar-refractivity contribution in [2.24, 2.45) is 0 Å². The smallest absolute Gasteiger partial charge is 0.162 e. The molecule has 0 amide bonds. The average Bonchev–Trinajstić information content (AvgIpc) is 2.61. The quantitative estimate of drug-likeness (QED) is 0.798. The summed E-state index contributed by atoms with van der Waals surface area (Å²) in [6.07, 6.45) is 2.28. The number of ether oxygens (including phenoxy) is 1. The Morgan fingerprint density at radius 3 is 2.64 bits per heavy atom. The van der Waals surface area contributed by atoms with E-state index >= 15 is 0 Å². The molecule has 1 rings (SSSR count). The molecular formula is C10H18N2O2. The van der Waals surface area contributed by atoms with Gasteiger partial charge in [-0.2, -0.15) is 5.10 Å². The number of rotatable bonds is 4. The number of hydrogen-bond donors (Lipinski definition) is 1. The van der Waals surface area contributed by atoms with E-state index in [-0.39, 0.29) is 0 Å². The van der Waals surface area contributed by atoms with Gasteiger partial charge in [0.25, 0.3) is 0 Å². The predicted molar refractivity (Wildman–Crippen MR) is 54.3 cm³/mol. The van der Waals surface area contributed by atoms with E-state index < -0.39 is 5.60 Å². The molecule has 1 aromatic rings. The third kappa shape index (κ3) is 1.75. The highest BCUT2D eigenvalue weighted by Crippen LogP contribution is 2.31. The third-order valence-corrected chi connectivity index (χ3v) is 2.52. The Labute approximate surface area is 84.5 Å². The van der Waals surface area contributed by atoms with Gasteiger partial charge in [0, 0.05) is 6.54 Å². The van der Waals surface area contributed by atoms with Crippen LogP contribution in [-0.4, -0.2) is 22.0 Å². The maximum Gasteiger partial charge on any atom is 0.162 e. The molecule has 0 aromatic carbocycles. The van der Waals surface area contributed by atoms with E-state index in [0.29, 0.717) is 12.2 Å². The Hall–Kier alpha value is -1.03. The summed E-state index contributed by atoms with van der Waals surface area (Å²) in [5.74, 6) is 0.652. The van der Waals surface area contributed by atoms with Crippen molar-refractivity contribution < 1.29 is 9.84 Å². The van der Waals surface area contributed by atoms with Gasteiger partial charge < -0.3 is 9.84 Å². The molecule has 4 heteroatoms. The van der Waals surface area contributed by atoms with Gasteiger partial charge in [-0.05, 0) is 20.3 Å². The molecule has 1 unspecified atom stereocenters. The second-order valence-corrected chi connectivity index (χ2v) is 3.50. The fourth-order valence-corrected chi connectivity index (χ4v) is 1.47. The van der Waals surface area contributed by atoms with E-state index in [0.717, 1.165) is 12.2 Å². The van der Waals surface area contributed by atoms with Crippen LogP contribution in [0, 0.1) is 0 Å². The molecule has 0 saturated heterocycles. The SMILES string of the molecule is CCn1ncc(OC)c1C(C)(O)CC. The lowest BCUT2D eigenvalue weighted by molar-refractivity contribution is 0.0410. The minimum atomic E-state index is -0.877. The normalized spacial score (nSPS) is 15.2. The van der Waals surface area contributed by atoms with Gasteiger partial charge in [-0.1, -0.05) is 6.92 Å². The van der Waals surface area contributed by atoms with Crippen LogP contribution in [0.5, 0.6) is 5.75 Å². The minimum absolute atomic E-state index is 0.634. The Morgan fingerprint density at radius 2 is 2.21 bits per heavy atom. The summed E-state index contributed by atoms with van der Waals surface area (Å²) in [4.78, 5) is 0. The van der Waals surface area contributed by atoms with Gasteiger partial charge in [0.1, 0.15) is 11.3 Å². The van der Waals surface area contributed by atoms with Crippen LogP contribution in [0.25, 0.3) is 0 Å². The zero-order valence-electron chi connectivity index (χ0n) is 9.24. The summed E-state index contributed by atoms with van der Waals surface area (Å²) in [5.41, 5.74) is -0.123. The topological polar surface area (TPSA) is 47.3 Å². The van der Waals surface area contributed by atoms with E-state index in [2.05, 4.69) is 5.10 Å². The molecule has 0 aliphatic rings. The highest BCUT2D eigenvalue weighted by atomic mass is 16.5. The van der Waals surface area contributed by atoms with Crippen molar-refractivity contribution in [2.45, 2.75) is 39.3 Å². The summed E-state index contributed by atoms with van der Waals surface area (Å²) >= 11 is 0. The van der Waals surface area contributed by atoms with Crippen LogP contribution in [0.2, 0.25) is 0 Å². The first kappa shape index (κ1) is 11.0. The number of aromatic nitrogens is 2. The van der Waals surface area contributed by atoms with Crippen molar-refractivity contribution in [1.29, 1.82) is 0 Å². The van der Waals surface area contributed by atoms with Gasteiger partial charge >= 0.3 is 0 Å². The molecule has 0 spiro atoms. The van der Waals surface area contributed by atoms with Gasteiger partial charge in [0.2, 0.25) is 0 Å². The van der Waals surface area contributed by atoms with E-state index in [1.807, 2.05) is 13.8 Å². The van der Waals surface area contributed by atoms with E-state index in [1.54, 1.807) is 24.9 Å². The maximum absolute atomic E-state index is 10.2. The fourth-order valence-electron chi connectivity index (χ4n) is 1.47. The zero-order chi connectivity index (χ0) is 10.8. The van der Waals surface area contributed by atoms with E-state index in [9.17, 15) is 5.11 Å². The average molecular weight is 198 g/mol. The molecule has 0 aliphatic carbocycles. The van der Waals surface area contributed by atoms with Crippen LogP contribution < -0.4 is 4.74 Å². The minimum Gasteiger partial charge on any atom is -0.493 e. The Bertz CT molecular complexity index is 284. The van der Waals surface area contributed by atoms with Crippen molar-refractivity contribution in [3.05, 3.63) is 11.9 Å². The molecule has 0 bridgehead atoms. The van der Waals surface area contributed by atoms with Crippen molar-refractivity contribution in [1.82, 2.24) is 9.78 Å². The zero-order valence-corrected chi connectivity index (χ0v) is 9.24. The number of methoxy groups -OCH3 is 1. The van der Waals surface area contributed by atoms with Crippen LogP contribution in [0.15, 0.2) is 6.20 Å². The predicted octanol–water partition coefficient (Wildman–Crippen LogP) is 1.53. The molecule has 4 nitrogen and oxygen atoms in total. The van der Waals surface area contributed by atoms with Gasteiger partial charge in [-0.15, -0.1) is 0 Å². The highest BCUT2D eigenvalue weighted by molar-refractivity contribution is 5.30. The Kier molecular flexibility index (Phi) is 3.16. The molecular weight excluding hydrogens is 180 g/mol. The summed E-state index contributed by atoms with van der Waals surface area (Å²) in [6.45, 7) is 6.43.